The molecule has 3 rings (SSSR count). The molecule has 25 heavy (non-hydrogen) atoms. The van der Waals surface area contributed by atoms with Gasteiger partial charge in [-0.3, -0.25) is 4.72 Å². The smallest absolute Gasteiger partial charge is 0.229 e. The lowest BCUT2D eigenvalue weighted by Crippen LogP contribution is -2.09. The molecule has 1 aromatic heterocycles. The molecular formula is C17H15FN2O3S2. The van der Waals surface area contributed by atoms with Crippen LogP contribution in [0, 0.1) is 5.82 Å². The van der Waals surface area contributed by atoms with Gasteiger partial charge in [-0.2, -0.15) is 0 Å². The monoisotopic (exact) mass is 378 g/mol. The highest BCUT2D eigenvalue weighted by Crippen LogP contribution is 2.27. The van der Waals surface area contributed by atoms with E-state index in [0.717, 1.165) is 6.26 Å². The highest BCUT2D eigenvalue weighted by atomic mass is 32.2. The number of anilines is 1. The summed E-state index contributed by atoms with van der Waals surface area (Å²) in [5, 5.41) is 2.39. The summed E-state index contributed by atoms with van der Waals surface area (Å²) in [6, 6.07) is 13.1. The fraction of sp³-hybridized carbons (Fsp3) is 0.118. The van der Waals surface area contributed by atoms with E-state index in [4.69, 9.17) is 4.74 Å². The lowest BCUT2D eigenvalue weighted by atomic mass is 10.2. The van der Waals surface area contributed by atoms with Crippen molar-refractivity contribution in [3.05, 3.63) is 65.4 Å². The predicted molar refractivity (Wildman–Crippen MR) is 96.7 cm³/mol. The van der Waals surface area contributed by atoms with Crippen molar-refractivity contribution in [3.63, 3.8) is 0 Å². The number of ether oxygens (including phenoxy) is 1. The second-order valence-electron chi connectivity index (χ2n) is 5.31. The molecule has 0 atom stereocenters. The van der Waals surface area contributed by atoms with E-state index >= 15 is 0 Å². The largest absolute Gasteiger partial charge is 0.487 e. The Kier molecular flexibility index (Phi) is 5.00. The third-order valence-corrected chi connectivity index (χ3v) is 4.71. The molecule has 0 aliphatic carbocycles. The first-order chi connectivity index (χ1) is 11.9. The van der Waals surface area contributed by atoms with Crippen molar-refractivity contribution in [2.75, 3.05) is 11.0 Å². The fourth-order valence-electron chi connectivity index (χ4n) is 2.15. The molecule has 0 aliphatic rings. The van der Waals surface area contributed by atoms with Crippen LogP contribution in [-0.4, -0.2) is 19.7 Å². The van der Waals surface area contributed by atoms with Crippen LogP contribution in [0.2, 0.25) is 0 Å². The first-order valence-electron chi connectivity index (χ1n) is 7.31. The topological polar surface area (TPSA) is 68.3 Å². The SMILES string of the molecule is CS(=O)(=O)Nc1cccc(OCc2csc(-c3ccccc3F)n2)c1. The third-order valence-electron chi connectivity index (χ3n) is 3.18. The second kappa shape index (κ2) is 7.20. The molecule has 0 saturated carbocycles. The molecule has 0 radical (unpaired) electrons. The maximum Gasteiger partial charge on any atom is 0.229 e. The molecule has 0 spiro atoms. The van der Waals surface area contributed by atoms with Gasteiger partial charge in [0.1, 0.15) is 23.2 Å². The Bertz CT molecular complexity index is 987. The summed E-state index contributed by atoms with van der Waals surface area (Å²) in [7, 11) is -3.34. The first kappa shape index (κ1) is 17.4. The zero-order valence-corrected chi connectivity index (χ0v) is 14.9. The van der Waals surface area contributed by atoms with Crippen molar-refractivity contribution in [2.24, 2.45) is 0 Å². The van der Waals surface area contributed by atoms with Crippen LogP contribution in [-0.2, 0) is 16.6 Å². The van der Waals surface area contributed by atoms with Gasteiger partial charge in [0.25, 0.3) is 0 Å². The van der Waals surface area contributed by atoms with Gasteiger partial charge >= 0.3 is 0 Å². The van der Waals surface area contributed by atoms with E-state index < -0.39 is 10.0 Å². The van der Waals surface area contributed by atoms with E-state index in [1.54, 1.807) is 47.8 Å². The molecule has 0 saturated heterocycles. The summed E-state index contributed by atoms with van der Waals surface area (Å²) in [5.74, 6) is 0.193. The summed E-state index contributed by atoms with van der Waals surface area (Å²) >= 11 is 1.34. The van der Waals surface area contributed by atoms with Crippen LogP contribution in [0.3, 0.4) is 0 Å². The van der Waals surface area contributed by atoms with Crippen LogP contribution >= 0.6 is 11.3 Å². The van der Waals surface area contributed by atoms with Gasteiger partial charge in [0, 0.05) is 17.0 Å². The minimum atomic E-state index is -3.34. The van der Waals surface area contributed by atoms with Gasteiger partial charge in [0.15, 0.2) is 0 Å². The van der Waals surface area contributed by atoms with Crippen molar-refractivity contribution in [2.45, 2.75) is 6.61 Å². The number of aromatic nitrogens is 1. The maximum absolute atomic E-state index is 13.8. The van der Waals surface area contributed by atoms with E-state index in [1.165, 1.54) is 17.4 Å². The molecule has 3 aromatic rings. The van der Waals surface area contributed by atoms with Gasteiger partial charge in [-0.15, -0.1) is 11.3 Å². The third kappa shape index (κ3) is 4.77. The summed E-state index contributed by atoms with van der Waals surface area (Å²) in [5.41, 5.74) is 1.55. The molecule has 0 bridgehead atoms. The maximum atomic E-state index is 13.8. The molecule has 0 fully saturated rings. The fourth-order valence-corrected chi connectivity index (χ4v) is 3.54. The Morgan fingerprint density at radius 3 is 2.76 bits per heavy atom. The van der Waals surface area contributed by atoms with Crippen LogP contribution < -0.4 is 9.46 Å². The number of rotatable bonds is 6. The van der Waals surface area contributed by atoms with Gasteiger partial charge in [-0.25, -0.2) is 17.8 Å². The number of nitrogens with one attached hydrogen (secondary N) is 1. The Balaban J connectivity index is 1.69. The molecule has 8 heteroatoms. The van der Waals surface area contributed by atoms with Gasteiger partial charge < -0.3 is 4.74 Å². The van der Waals surface area contributed by atoms with Crippen LogP contribution in [0.5, 0.6) is 5.75 Å². The minimum absolute atomic E-state index is 0.202. The first-order valence-corrected chi connectivity index (χ1v) is 10.1. The number of sulfonamides is 1. The Morgan fingerprint density at radius 2 is 2.00 bits per heavy atom. The number of nitrogens with zero attached hydrogens (tertiary/aromatic N) is 1. The Morgan fingerprint density at radius 1 is 1.20 bits per heavy atom. The van der Waals surface area contributed by atoms with Crippen LogP contribution in [0.4, 0.5) is 10.1 Å². The quantitative estimate of drug-likeness (QED) is 0.706. The highest BCUT2D eigenvalue weighted by Gasteiger charge is 2.10. The lowest BCUT2D eigenvalue weighted by Gasteiger charge is -2.07. The zero-order chi connectivity index (χ0) is 17.9. The Labute approximate surface area is 149 Å². The Hall–Kier alpha value is -2.45. The molecule has 0 unspecified atom stereocenters. The molecular weight excluding hydrogens is 363 g/mol. The highest BCUT2D eigenvalue weighted by molar-refractivity contribution is 7.92. The average Bonchev–Trinajstić information content (AvgIpc) is 3.01. The van der Waals surface area contributed by atoms with E-state index in [0.29, 0.717) is 27.7 Å². The molecule has 0 aliphatic heterocycles. The standard InChI is InChI=1S/C17H15FN2O3S2/c1-25(21,22)20-12-5-4-6-14(9-12)23-10-13-11-24-17(19-13)15-7-2-3-8-16(15)18/h2-9,11,20H,10H2,1H3. The molecule has 1 N–H and O–H groups in total. The molecule has 1 heterocycles. The normalized spacial score (nSPS) is 11.3. The molecule has 2 aromatic carbocycles. The lowest BCUT2D eigenvalue weighted by molar-refractivity contribution is 0.302. The minimum Gasteiger partial charge on any atom is -0.487 e. The van der Waals surface area contributed by atoms with E-state index in [9.17, 15) is 12.8 Å². The number of halogens is 1. The average molecular weight is 378 g/mol. The number of hydrogen-bond acceptors (Lipinski definition) is 5. The van der Waals surface area contributed by atoms with Gasteiger partial charge in [-0.1, -0.05) is 18.2 Å². The summed E-state index contributed by atoms with van der Waals surface area (Å²) < 4.78 is 44.4. The van der Waals surface area contributed by atoms with Crippen molar-refractivity contribution in [3.8, 4) is 16.3 Å². The number of thiazole rings is 1. The van der Waals surface area contributed by atoms with Crippen LogP contribution in [0.1, 0.15) is 5.69 Å². The van der Waals surface area contributed by atoms with E-state index in [1.807, 2.05) is 0 Å². The second-order valence-corrected chi connectivity index (χ2v) is 7.92. The number of hydrogen-bond donors (Lipinski definition) is 1. The van der Waals surface area contributed by atoms with Gasteiger partial charge in [0.05, 0.1) is 17.6 Å². The predicted octanol–water partition coefficient (Wildman–Crippen LogP) is 3.90. The van der Waals surface area contributed by atoms with Gasteiger partial charge in [0.2, 0.25) is 10.0 Å². The van der Waals surface area contributed by atoms with Gasteiger partial charge in [-0.05, 0) is 24.3 Å². The van der Waals surface area contributed by atoms with Crippen molar-refractivity contribution < 1.29 is 17.5 Å². The van der Waals surface area contributed by atoms with Crippen molar-refractivity contribution in [1.82, 2.24) is 4.98 Å². The van der Waals surface area contributed by atoms with Crippen molar-refractivity contribution >= 4 is 27.0 Å². The summed E-state index contributed by atoms with van der Waals surface area (Å²) in [6.45, 7) is 0.202. The summed E-state index contributed by atoms with van der Waals surface area (Å²) in [4.78, 5) is 4.38. The van der Waals surface area contributed by atoms with Crippen molar-refractivity contribution in [1.29, 1.82) is 0 Å². The van der Waals surface area contributed by atoms with Crippen LogP contribution in [0.15, 0.2) is 53.9 Å². The van der Waals surface area contributed by atoms with Crippen LogP contribution in [0.25, 0.3) is 10.6 Å². The molecule has 130 valence electrons. The van der Waals surface area contributed by atoms with E-state index in [2.05, 4.69) is 9.71 Å². The van der Waals surface area contributed by atoms with E-state index in [-0.39, 0.29) is 12.4 Å². The number of benzene rings is 2. The molecule has 5 nitrogen and oxygen atoms in total. The summed E-state index contributed by atoms with van der Waals surface area (Å²) in [6.07, 6.45) is 1.08. The zero-order valence-electron chi connectivity index (χ0n) is 13.3. The molecule has 0 amide bonds.